The first-order valence-electron chi connectivity index (χ1n) is 17.0. The first-order valence-corrected chi connectivity index (χ1v) is 17.0. The lowest BCUT2D eigenvalue weighted by Gasteiger charge is -2.13. The van der Waals surface area contributed by atoms with Gasteiger partial charge in [-0.05, 0) is 76.9 Å². The second-order valence-corrected chi connectivity index (χ2v) is 12.6. The quantitative estimate of drug-likeness (QED) is 0.179. The van der Waals surface area contributed by atoms with E-state index in [1.165, 1.54) is 41.0 Å². The number of hydrogen-bond acceptors (Lipinski definition) is 10. The summed E-state index contributed by atoms with van der Waals surface area (Å²) in [7, 11) is 5.34. The van der Waals surface area contributed by atoms with Crippen molar-refractivity contribution < 1.29 is 13.5 Å². The molecule has 55 heavy (non-hydrogen) atoms. The van der Waals surface area contributed by atoms with Crippen LogP contribution in [0.2, 0.25) is 0 Å². The van der Waals surface area contributed by atoms with E-state index in [-0.39, 0.29) is 30.0 Å². The summed E-state index contributed by atoms with van der Waals surface area (Å²) in [6, 6.07) is 23.8. The van der Waals surface area contributed by atoms with Crippen molar-refractivity contribution in [1.29, 1.82) is 0 Å². The van der Waals surface area contributed by atoms with Crippen molar-refractivity contribution in [3.63, 3.8) is 0 Å². The van der Waals surface area contributed by atoms with Crippen molar-refractivity contribution >= 4 is 27.9 Å². The Balaban J connectivity index is 0.000000169. The van der Waals surface area contributed by atoms with E-state index >= 15 is 0 Å². The van der Waals surface area contributed by atoms with Gasteiger partial charge in [0.15, 0.2) is 11.3 Å². The Hall–Kier alpha value is -7.22. The number of fused-ring (bicyclic) bond motifs is 2. The highest BCUT2D eigenvalue weighted by Crippen LogP contribution is 2.26. The second-order valence-electron chi connectivity index (χ2n) is 12.6. The summed E-state index contributed by atoms with van der Waals surface area (Å²) in [6.45, 7) is 0.185. The van der Waals surface area contributed by atoms with E-state index in [0.29, 0.717) is 44.6 Å². The molecule has 6 heterocycles. The zero-order chi connectivity index (χ0) is 38.5. The molecule has 2 aromatic carbocycles. The molecule has 0 spiro atoms. The van der Waals surface area contributed by atoms with E-state index in [1.807, 2.05) is 37.2 Å². The molecule has 0 unspecified atom stereocenters. The molecule has 0 aliphatic rings. The van der Waals surface area contributed by atoms with Crippen molar-refractivity contribution in [2.75, 3.05) is 26.1 Å². The first kappa shape index (κ1) is 36.2. The zero-order valence-electron chi connectivity index (χ0n) is 30.0. The predicted octanol–water partition coefficient (Wildman–Crippen LogP) is 6.16. The number of anilines is 1. The Morgan fingerprint density at radius 1 is 0.582 bits per heavy atom. The summed E-state index contributed by atoms with van der Waals surface area (Å²) in [5.41, 5.74) is 4.19. The number of pyridine rings is 4. The fourth-order valence-electron chi connectivity index (χ4n) is 5.84. The van der Waals surface area contributed by atoms with Crippen molar-refractivity contribution in [3.05, 3.63) is 166 Å². The van der Waals surface area contributed by atoms with Gasteiger partial charge in [0.1, 0.15) is 30.1 Å². The molecule has 0 N–H and O–H groups in total. The number of ether oxygens (including phenoxy) is 1. The van der Waals surface area contributed by atoms with Gasteiger partial charge in [0, 0.05) is 56.1 Å². The van der Waals surface area contributed by atoms with Crippen molar-refractivity contribution in [2.45, 2.75) is 13.1 Å². The number of nitrogens with zero attached hydrogens (tertiary/aromatic N) is 9. The number of aromatic nitrogens is 8. The number of rotatable bonds is 8. The normalized spacial score (nSPS) is 10.9. The summed E-state index contributed by atoms with van der Waals surface area (Å²) in [5, 5.41) is 0.816. The van der Waals surface area contributed by atoms with E-state index in [2.05, 4.69) is 29.9 Å². The average Bonchev–Trinajstić information content (AvgIpc) is 3.21. The number of methoxy groups -OCH3 is 1. The molecular formula is C41H33F2N9O3. The fourth-order valence-corrected chi connectivity index (χ4v) is 5.84. The molecule has 274 valence electrons. The summed E-state index contributed by atoms with van der Waals surface area (Å²) < 4.78 is 37.3. The van der Waals surface area contributed by atoms with E-state index in [0.717, 1.165) is 22.5 Å². The van der Waals surface area contributed by atoms with Gasteiger partial charge >= 0.3 is 0 Å². The largest absolute Gasteiger partial charge is 0.481 e. The van der Waals surface area contributed by atoms with Crippen LogP contribution in [0.5, 0.6) is 5.88 Å². The minimum Gasteiger partial charge on any atom is -0.481 e. The van der Waals surface area contributed by atoms with Gasteiger partial charge in [-0.15, -0.1) is 0 Å². The molecule has 0 amide bonds. The van der Waals surface area contributed by atoms with E-state index in [1.54, 1.807) is 79.4 Å². The third-order valence-corrected chi connectivity index (χ3v) is 8.80. The summed E-state index contributed by atoms with van der Waals surface area (Å²) >= 11 is 0. The smallest absolute Gasteiger partial charge is 0.263 e. The molecule has 14 heteroatoms. The maximum atomic E-state index is 14.8. The number of benzene rings is 2. The van der Waals surface area contributed by atoms with E-state index in [9.17, 15) is 18.4 Å². The van der Waals surface area contributed by atoms with Crippen LogP contribution in [0.15, 0.2) is 132 Å². The Kier molecular flexibility index (Phi) is 10.4. The Labute approximate surface area is 313 Å². The lowest BCUT2D eigenvalue weighted by molar-refractivity contribution is 0.398. The SMILES string of the molecule is CN(C)c1cc(-c2ccc(Cn3cnc4ncccc4c3=O)c(F)c2)ccn1.COc1cc(-c2ccc(Cn3cnc4ncccc4c3=O)c(F)c2)ccn1. The predicted molar refractivity (Wildman–Crippen MR) is 206 cm³/mol. The molecule has 0 bridgehead atoms. The molecule has 6 aromatic heterocycles. The van der Waals surface area contributed by atoms with Gasteiger partial charge in [-0.2, -0.15) is 0 Å². The van der Waals surface area contributed by atoms with Crippen LogP contribution >= 0.6 is 0 Å². The standard InChI is InChI=1S/C21H18FN5O.C20H15FN4O2/c1-26(2)19-11-15(7-9-23-19)14-5-6-16(18(22)10-14)12-27-13-25-20-17(21(27)28)4-3-8-24-20;1-27-18-10-14(6-8-22-18)13-4-5-15(17(21)9-13)11-25-12-24-19-16(20(25)26)3-2-7-23-19/h3-11,13H,12H2,1-2H3;2-10,12H,11H2,1H3. The fraction of sp³-hybridized carbons (Fsp3) is 0.122. The lowest BCUT2D eigenvalue weighted by Crippen LogP contribution is -2.21. The molecule has 0 aliphatic carbocycles. The van der Waals surface area contributed by atoms with Crippen LogP contribution in [-0.4, -0.2) is 60.2 Å². The maximum Gasteiger partial charge on any atom is 0.263 e. The first-order chi connectivity index (χ1) is 26.7. The van der Waals surface area contributed by atoms with Crippen LogP contribution in [-0.2, 0) is 13.1 Å². The van der Waals surface area contributed by atoms with Gasteiger partial charge in [0.2, 0.25) is 5.88 Å². The van der Waals surface area contributed by atoms with Gasteiger partial charge in [0.25, 0.3) is 11.1 Å². The Bertz CT molecular complexity index is 2790. The minimum absolute atomic E-state index is 0.0858. The van der Waals surface area contributed by atoms with Crippen molar-refractivity contribution in [1.82, 2.24) is 39.0 Å². The third-order valence-electron chi connectivity index (χ3n) is 8.80. The van der Waals surface area contributed by atoms with Crippen LogP contribution in [0.3, 0.4) is 0 Å². The lowest BCUT2D eigenvalue weighted by atomic mass is 10.0. The van der Waals surface area contributed by atoms with Crippen molar-refractivity contribution in [2.24, 2.45) is 0 Å². The molecule has 0 aliphatic heterocycles. The molecule has 0 fully saturated rings. The van der Waals surface area contributed by atoms with Gasteiger partial charge in [-0.1, -0.05) is 24.3 Å². The van der Waals surface area contributed by atoms with Crippen LogP contribution in [0, 0.1) is 11.6 Å². The molecule has 0 saturated heterocycles. The zero-order valence-corrected chi connectivity index (χ0v) is 30.0. The van der Waals surface area contributed by atoms with Crippen LogP contribution in [0.4, 0.5) is 14.6 Å². The third kappa shape index (κ3) is 7.93. The molecule has 0 radical (unpaired) electrons. The van der Waals surface area contributed by atoms with Crippen LogP contribution < -0.4 is 20.8 Å². The van der Waals surface area contributed by atoms with Gasteiger partial charge in [-0.3, -0.25) is 18.7 Å². The van der Waals surface area contributed by atoms with Gasteiger partial charge < -0.3 is 9.64 Å². The molecule has 0 saturated carbocycles. The van der Waals surface area contributed by atoms with Crippen LogP contribution in [0.25, 0.3) is 44.3 Å². The monoisotopic (exact) mass is 737 g/mol. The number of hydrogen-bond donors (Lipinski definition) is 0. The summed E-state index contributed by atoms with van der Waals surface area (Å²) in [4.78, 5) is 51.8. The van der Waals surface area contributed by atoms with Gasteiger partial charge in [-0.25, -0.2) is 38.7 Å². The highest BCUT2D eigenvalue weighted by molar-refractivity contribution is 5.73. The highest BCUT2D eigenvalue weighted by atomic mass is 19.1. The highest BCUT2D eigenvalue weighted by Gasteiger charge is 2.12. The molecular weight excluding hydrogens is 705 g/mol. The van der Waals surface area contributed by atoms with E-state index in [4.69, 9.17) is 4.74 Å². The van der Waals surface area contributed by atoms with E-state index < -0.39 is 5.82 Å². The maximum absolute atomic E-state index is 14.8. The number of halogens is 2. The van der Waals surface area contributed by atoms with Gasteiger partial charge in [0.05, 0.1) is 31.0 Å². The molecule has 8 aromatic rings. The second kappa shape index (κ2) is 15.8. The summed E-state index contributed by atoms with van der Waals surface area (Å²) in [5.74, 6) is 0.476. The average molecular weight is 738 g/mol. The molecule has 8 rings (SSSR count). The molecule has 12 nitrogen and oxygen atoms in total. The van der Waals surface area contributed by atoms with Crippen molar-refractivity contribution in [3.8, 4) is 28.1 Å². The Morgan fingerprint density at radius 2 is 1.07 bits per heavy atom. The Morgan fingerprint density at radius 3 is 1.56 bits per heavy atom. The topological polar surface area (TPSA) is 134 Å². The van der Waals surface area contributed by atoms with Crippen LogP contribution in [0.1, 0.15) is 11.1 Å². The summed E-state index contributed by atoms with van der Waals surface area (Å²) in [6.07, 6.45) is 9.25. The minimum atomic E-state index is -0.401. The molecule has 0 atom stereocenters.